The van der Waals surface area contributed by atoms with Crippen LogP contribution in [-0.2, 0) is 4.57 Å². The van der Waals surface area contributed by atoms with Gasteiger partial charge in [-0.1, -0.05) is 32.0 Å². The number of rotatable bonds is 8. The fourth-order valence-electron chi connectivity index (χ4n) is 3.49. The Balaban J connectivity index is 2.79. The Kier molecular flexibility index (Phi) is 7.07. The van der Waals surface area contributed by atoms with Gasteiger partial charge in [0, 0.05) is 11.2 Å². The maximum absolute atomic E-state index is 14.3. The summed E-state index contributed by atoms with van der Waals surface area (Å²) in [5.41, 5.74) is 0.721. The highest BCUT2D eigenvalue weighted by Crippen LogP contribution is 2.59. The van der Waals surface area contributed by atoms with Crippen LogP contribution in [0.25, 0.3) is 0 Å². The highest BCUT2D eigenvalue weighted by Gasteiger charge is 2.47. The van der Waals surface area contributed by atoms with Crippen molar-refractivity contribution in [2.24, 2.45) is 0 Å². The molecule has 0 N–H and O–H groups in total. The quantitative estimate of drug-likeness (QED) is 0.511. The highest BCUT2D eigenvalue weighted by molar-refractivity contribution is 7.96. The van der Waals surface area contributed by atoms with E-state index < -0.39 is 23.8 Å². The van der Waals surface area contributed by atoms with Crippen molar-refractivity contribution in [3.63, 3.8) is 0 Å². The van der Waals surface area contributed by atoms with Gasteiger partial charge in [-0.3, -0.25) is 9.59 Å². The SMILES string of the molecule is CCC(C)P(=O)(C(=O)c1c(C)cccc1C)C(=O)c1c(OC)cc(C)cc1OC. The Morgan fingerprint density at radius 2 is 1.38 bits per heavy atom. The third-order valence-corrected chi connectivity index (χ3v) is 8.63. The predicted octanol–water partition coefficient (Wildman–Crippen LogP) is 5.77. The van der Waals surface area contributed by atoms with Crippen LogP contribution in [0.3, 0.4) is 0 Å². The number of carbonyl (C=O) groups excluding carboxylic acids is 2. The molecule has 2 atom stereocenters. The van der Waals surface area contributed by atoms with E-state index >= 15 is 0 Å². The first-order valence-corrected chi connectivity index (χ1v) is 11.4. The zero-order valence-corrected chi connectivity index (χ0v) is 19.1. The van der Waals surface area contributed by atoms with Crippen LogP contribution in [0.5, 0.6) is 11.5 Å². The molecule has 0 saturated heterocycles. The van der Waals surface area contributed by atoms with E-state index in [0.717, 1.165) is 5.56 Å². The Hall–Kier alpha value is -2.39. The van der Waals surface area contributed by atoms with E-state index in [1.165, 1.54) is 14.2 Å². The van der Waals surface area contributed by atoms with Gasteiger partial charge in [-0.2, -0.15) is 0 Å². The summed E-state index contributed by atoms with van der Waals surface area (Å²) >= 11 is 0. The first kappa shape index (κ1) is 22.9. The van der Waals surface area contributed by atoms with Gasteiger partial charge >= 0.3 is 0 Å². The Labute approximate surface area is 172 Å². The van der Waals surface area contributed by atoms with E-state index in [1.807, 2.05) is 19.9 Å². The summed E-state index contributed by atoms with van der Waals surface area (Å²) in [6.45, 7) is 8.94. The van der Waals surface area contributed by atoms with Gasteiger partial charge in [0.25, 0.3) is 0 Å². The second kappa shape index (κ2) is 8.96. The first-order chi connectivity index (χ1) is 13.6. The molecule has 2 aromatic rings. The molecule has 0 aliphatic carbocycles. The van der Waals surface area contributed by atoms with Crippen LogP contribution in [0, 0.1) is 20.8 Å². The summed E-state index contributed by atoms with van der Waals surface area (Å²) in [6.07, 6.45) is 0.427. The zero-order chi connectivity index (χ0) is 21.9. The predicted molar refractivity (Wildman–Crippen MR) is 116 cm³/mol. The number of aryl methyl sites for hydroxylation is 3. The zero-order valence-electron chi connectivity index (χ0n) is 18.2. The topological polar surface area (TPSA) is 69.7 Å². The van der Waals surface area contributed by atoms with Crippen molar-refractivity contribution in [1.29, 1.82) is 0 Å². The summed E-state index contributed by atoms with van der Waals surface area (Å²) in [7, 11) is -1.15. The van der Waals surface area contributed by atoms with Crippen LogP contribution in [0.15, 0.2) is 30.3 Å². The molecule has 2 unspecified atom stereocenters. The van der Waals surface area contributed by atoms with Gasteiger partial charge in [0.15, 0.2) is 0 Å². The third-order valence-electron chi connectivity index (χ3n) is 5.37. The lowest BCUT2D eigenvalue weighted by Gasteiger charge is -2.25. The summed E-state index contributed by atoms with van der Waals surface area (Å²) in [5.74, 6) is 0.509. The minimum atomic E-state index is -4.02. The fourth-order valence-corrected chi connectivity index (χ4v) is 6.22. The molecule has 29 heavy (non-hydrogen) atoms. The molecule has 0 spiro atoms. The van der Waals surface area contributed by atoms with Crippen molar-refractivity contribution < 1.29 is 23.6 Å². The molecular formula is C23H29O5P. The number of ether oxygens (including phenoxy) is 2. The van der Waals surface area contributed by atoms with Crippen LogP contribution in [-0.4, -0.2) is 30.9 Å². The molecule has 0 amide bonds. The molecule has 2 aromatic carbocycles. The van der Waals surface area contributed by atoms with Gasteiger partial charge in [0.1, 0.15) is 17.1 Å². The monoisotopic (exact) mass is 416 g/mol. The van der Waals surface area contributed by atoms with Gasteiger partial charge in [0.05, 0.1) is 14.2 Å². The summed E-state index contributed by atoms with van der Waals surface area (Å²) in [5, 5.41) is 0. The third kappa shape index (κ3) is 4.02. The fraction of sp³-hybridized carbons (Fsp3) is 0.391. The number of carbonyl (C=O) groups is 2. The van der Waals surface area contributed by atoms with Crippen molar-refractivity contribution in [2.45, 2.75) is 46.7 Å². The molecular weight excluding hydrogens is 387 g/mol. The van der Waals surface area contributed by atoms with E-state index in [1.54, 1.807) is 45.0 Å². The molecule has 0 radical (unpaired) electrons. The lowest BCUT2D eigenvalue weighted by molar-refractivity contribution is 0.103. The number of hydrogen-bond acceptors (Lipinski definition) is 5. The van der Waals surface area contributed by atoms with E-state index in [9.17, 15) is 14.2 Å². The maximum atomic E-state index is 14.3. The Morgan fingerprint density at radius 1 is 0.931 bits per heavy atom. The van der Waals surface area contributed by atoms with E-state index in [4.69, 9.17) is 9.47 Å². The molecule has 0 fully saturated rings. The number of methoxy groups -OCH3 is 2. The van der Waals surface area contributed by atoms with Crippen molar-refractivity contribution in [2.75, 3.05) is 14.2 Å². The molecule has 0 bridgehead atoms. The van der Waals surface area contributed by atoms with Crippen LogP contribution in [0.4, 0.5) is 0 Å². The minimum Gasteiger partial charge on any atom is -0.496 e. The van der Waals surface area contributed by atoms with Crippen LogP contribution in [0.1, 0.15) is 57.7 Å². The molecule has 0 aliphatic rings. The van der Waals surface area contributed by atoms with Crippen LogP contribution < -0.4 is 9.47 Å². The first-order valence-electron chi connectivity index (χ1n) is 9.61. The second-order valence-electron chi connectivity index (χ2n) is 7.34. The average molecular weight is 416 g/mol. The van der Waals surface area contributed by atoms with Crippen LogP contribution >= 0.6 is 7.14 Å². The van der Waals surface area contributed by atoms with Gasteiger partial charge < -0.3 is 14.0 Å². The molecule has 0 heterocycles. The number of benzene rings is 2. The van der Waals surface area contributed by atoms with Gasteiger partial charge in [-0.15, -0.1) is 0 Å². The van der Waals surface area contributed by atoms with E-state index in [2.05, 4.69) is 0 Å². The average Bonchev–Trinajstić information content (AvgIpc) is 2.70. The standard InChI is InChI=1S/C23H29O5P/c1-8-17(5)29(26,22(24)20-15(3)10-9-11-16(20)4)23(25)21-18(27-6)12-14(2)13-19(21)28-7/h9-13,17H,8H2,1-7H3. The smallest absolute Gasteiger partial charge is 0.236 e. The molecule has 2 rings (SSSR count). The van der Waals surface area contributed by atoms with Crippen molar-refractivity contribution in [3.05, 3.63) is 58.1 Å². The lowest BCUT2D eigenvalue weighted by Crippen LogP contribution is -2.21. The minimum absolute atomic E-state index is 0.0591. The summed E-state index contributed by atoms with van der Waals surface area (Å²) < 4.78 is 25.1. The molecule has 0 aliphatic heterocycles. The van der Waals surface area contributed by atoms with Gasteiger partial charge in [0.2, 0.25) is 18.2 Å². The Morgan fingerprint density at radius 3 is 1.79 bits per heavy atom. The summed E-state index contributed by atoms with van der Waals surface area (Å²) in [4.78, 5) is 27.4. The van der Waals surface area contributed by atoms with Crippen molar-refractivity contribution in [3.8, 4) is 11.5 Å². The lowest BCUT2D eigenvalue weighted by atomic mass is 10.0. The second-order valence-corrected chi connectivity index (χ2v) is 10.3. The summed E-state index contributed by atoms with van der Waals surface area (Å²) in [6, 6.07) is 8.78. The van der Waals surface area contributed by atoms with E-state index in [-0.39, 0.29) is 17.1 Å². The number of hydrogen-bond donors (Lipinski definition) is 0. The Bertz CT molecular complexity index is 948. The van der Waals surface area contributed by atoms with Crippen LogP contribution in [0.2, 0.25) is 0 Å². The van der Waals surface area contributed by atoms with Gasteiger partial charge in [-0.25, -0.2) is 0 Å². The molecule has 156 valence electrons. The maximum Gasteiger partial charge on any atom is 0.236 e. The molecule has 5 nitrogen and oxygen atoms in total. The molecule has 0 aromatic heterocycles. The van der Waals surface area contributed by atoms with E-state index in [0.29, 0.717) is 23.1 Å². The molecule has 6 heteroatoms. The van der Waals surface area contributed by atoms with Gasteiger partial charge in [-0.05, 0) is 56.0 Å². The van der Waals surface area contributed by atoms with Crippen molar-refractivity contribution >= 4 is 18.2 Å². The normalized spacial score (nSPS) is 14.0. The molecule has 0 saturated carbocycles. The van der Waals surface area contributed by atoms with Crippen molar-refractivity contribution in [1.82, 2.24) is 0 Å². The largest absolute Gasteiger partial charge is 0.496 e. The highest BCUT2D eigenvalue weighted by atomic mass is 31.2.